The van der Waals surface area contributed by atoms with Gasteiger partial charge in [0, 0.05) is 31.2 Å². The summed E-state index contributed by atoms with van der Waals surface area (Å²) < 4.78 is 5.38. The number of carbonyl (C=O) groups is 1. The molecule has 1 aliphatic carbocycles. The van der Waals surface area contributed by atoms with E-state index in [1.807, 2.05) is 20.8 Å². The van der Waals surface area contributed by atoms with Gasteiger partial charge < -0.3 is 19.9 Å². The molecule has 1 aliphatic heterocycles. The third kappa shape index (κ3) is 4.10. The van der Waals surface area contributed by atoms with Crippen LogP contribution in [0.5, 0.6) is 0 Å². The molecule has 5 nitrogen and oxygen atoms in total. The maximum Gasteiger partial charge on any atom is 0.410 e. The Kier molecular flexibility index (Phi) is 4.83. The zero-order valence-corrected chi connectivity index (χ0v) is 14.2. The van der Waals surface area contributed by atoms with Crippen molar-refractivity contribution in [3.05, 3.63) is 0 Å². The van der Waals surface area contributed by atoms with Crippen molar-refractivity contribution in [2.75, 3.05) is 33.7 Å². The second-order valence-corrected chi connectivity index (χ2v) is 7.79. The van der Waals surface area contributed by atoms with Crippen molar-refractivity contribution in [2.45, 2.75) is 63.6 Å². The second-order valence-electron chi connectivity index (χ2n) is 7.79. The molecule has 1 saturated carbocycles. The number of hydrogen-bond donors (Lipinski definition) is 1. The monoisotopic (exact) mass is 297 g/mol. The molecule has 0 bridgehead atoms. The second kappa shape index (κ2) is 6.13. The first-order valence-electron chi connectivity index (χ1n) is 8.11. The van der Waals surface area contributed by atoms with Gasteiger partial charge >= 0.3 is 6.09 Å². The summed E-state index contributed by atoms with van der Waals surface area (Å²) in [6.07, 6.45) is 5.01. The topological polar surface area (TPSA) is 44.8 Å². The Bertz CT molecular complexity index is 364. The first-order valence-corrected chi connectivity index (χ1v) is 8.11. The number of amides is 1. The molecule has 1 amide bonds. The Morgan fingerprint density at radius 3 is 2.33 bits per heavy atom. The van der Waals surface area contributed by atoms with Crippen LogP contribution in [0, 0.1) is 0 Å². The number of nitrogens with zero attached hydrogens (tertiary/aromatic N) is 2. The lowest BCUT2D eigenvalue weighted by Crippen LogP contribution is -2.63. The predicted octanol–water partition coefficient (Wildman–Crippen LogP) is 2.07. The van der Waals surface area contributed by atoms with E-state index in [0.717, 1.165) is 19.6 Å². The van der Waals surface area contributed by atoms with Gasteiger partial charge in [-0.3, -0.25) is 0 Å². The summed E-state index contributed by atoms with van der Waals surface area (Å²) in [5.74, 6) is 0. The molecule has 0 aromatic heterocycles. The summed E-state index contributed by atoms with van der Waals surface area (Å²) in [6, 6.07) is 0.412. The zero-order valence-electron chi connectivity index (χ0n) is 14.2. The highest BCUT2D eigenvalue weighted by Gasteiger charge is 2.39. The average molecular weight is 297 g/mol. The van der Waals surface area contributed by atoms with Gasteiger partial charge in [-0.1, -0.05) is 12.8 Å². The highest BCUT2D eigenvalue weighted by atomic mass is 16.6. The molecular formula is C16H31N3O2. The third-order valence-electron chi connectivity index (χ3n) is 4.74. The van der Waals surface area contributed by atoms with E-state index in [0.29, 0.717) is 11.6 Å². The highest BCUT2D eigenvalue weighted by molar-refractivity contribution is 5.69. The fourth-order valence-corrected chi connectivity index (χ4v) is 3.23. The fourth-order valence-electron chi connectivity index (χ4n) is 3.23. The summed E-state index contributed by atoms with van der Waals surface area (Å²) in [5, 5.41) is 3.64. The smallest absolute Gasteiger partial charge is 0.410 e. The average Bonchev–Trinajstić information content (AvgIpc) is 2.74. The van der Waals surface area contributed by atoms with Gasteiger partial charge in [0.15, 0.2) is 0 Å². The normalized spacial score (nSPS) is 22.5. The van der Waals surface area contributed by atoms with Crippen LogP contribution in [0.15, 0.2) is 0 Å². The van der Waals surface area contributed by atoms with Crippen molar-refractivity contribution in [3.8, 4) is 0 Å². The van der Waals surface area contributed by atoms with Gasteiger partial charge in [-0.15, -0.1) is 0 Å². The standard InChI is InChI=1S/C16H31N3O2/c1-15(2,3)21-14(20)19-10-13(11-19)17-12-16(18(4)5)8-6-7-9-16/h13,17H,6-12H2,1-5H3. The molecule has 0 radical (unpaired) electrons. The summed E-state index contributed by atoms with van der Waals surface area (Å²) in [7, 11) is 4.36. The predicted molar refractivity (Wildman–Crippen MR) is 84.5 cm³/mol. The van der Waals surface area contributed by atoms with Gasteiger partial charge in [0.2, 0.25) is 0 Å². The van der Waals surface area contributed by atoms with E-state index in [1.165, 1.54) is 25.7 Å². The molecule has 1 N–H and O–H groups in total. The third-order valence-corrected chi connectivity index (χ3v) is 4.74. The van der Waals surface area contributed by atoms with Gasteiger partial charge in [-0.05, 0) is 47.7 Å². The number of carbonyl (C=O) groups excluding carboxylic acids is 1. The molecule has 5 heteroatoms. The molecule has 0 aromatic rings. The molecule has 0 atom stereocenters. The van der Waals surface area contributed by atoms with Gasteiger partial charge in [-0.25, -0.2) is 4.79 Å². The Morgan fingerprint density at radius 2 is 1.86 bits per heavy atom. The first-order chi connectivity index (χ1) is 9.72. The summed E-state index contributed by atoms with van der Waals surface area (Å²) in [6.45, 7) is 8.26. The van der Waals surface area contributed by atoms with Crippen molar-refractivity contribution in [1.82, 2.24) is 15.1 Å². The van der Waals surface area contributed by atoms with Crippen LogP contribution in [0.3, 0.4) is 0 Å². The molecule has 2 rings (SSSR count). The summed E-state index contributed by atoms with van der Waals surface area (Å²) in [5.41, 5.74) is -0.0965. The molecule has 1 saturated heterocycles. The van der Waals surface area contributed by atoms with E-state index in [-0.39, 0.29) is 6.09 Å². The van der Waals surface area contributed by atoms with Crippen molar-refractivity contribution >= 4 is 6.09 Å². The van der Waals surface area contributed by atoms with Crippen LogP contribution in [-0.2, 0) is 4.74 Å². The van der Waals surface area contributed by atoms with E-state index in [1.54, 1.807) is 4.90 Å². The van der Waals surface area contributed by atoms with Crippen molar-refractivity contribution < 1.29 is 9.53 Å². The summed E-state index contributed by atoms with van der Waals surface area (Å²) >= 11 is 0. The zero-order chi connectivity index (χ0) is 15.7. The Hall–Kier alpha value is -0.810. The van der Waals surface area contributed by atoms with Gasteiger partial charge in [0.25, 0.3) is 0 Å². The molecule has 2 fully saturated rings. The fraction of sp³-hybridized carbons (Fsp3) is 0.938. The minimum atomic E-state index is -0.408. The summed E-state index contributed by atoms with van der Waals surface area (Å²) in [4.78, 5) is 16.0. The molecule has 122 valence electrons. The Labute approximate surface area is 129 Å². The number of nitrogens with one attached hydrogen (secondary N) is 1. The van der Waals surface area contributed by atoms with E-state index in [2.05, 4.69) is 24.3 Å². The van der Waals surface area contributed by atoms with E-state index in [9.17, 15) is 4.79 Å². The number of likely N-dealkylation sites (N-methyl/N-ethyl adjacent to an activating group) is 1. The lowest BCUT2D eigenvalue weighted by Gasteiger charge is -2.43. The van der Waals surface area contributed by atoms with Crippen molar-refractivity contribution in [3.63, 3.8) is 0 Å². The number of ether oxygens (including phenoxy) is 1. The Balaban J connectivity index is 1.72. The van der Waals surface area contributed by atoms with Crippen LogP contribution in [0.4, 0.5) is 4.79 Å². The van der Waals surface area contributed by atoms with Crippen LogP contribution >= 0.6 is 0 Å². The van der Waals surface area contributed by atoms with Crippen molar-refractivity contribution in [2.24, 2.45) is 0 Å². The number of hydrogen-bond acceptors (Lipinski definition) is 4. The van der Waals surface area contributed by atoms with E-state index >= 15 is 0 Å². The maximum atomic E-state index is 11.9. The quantitative estimate of drug-likeness (QED) is 0.863. The minimum Gasteiger partial charge on any atom is -0.444 e. The molecule has 21 heavy (non-hydrogen) atoms. The number of rotatable bonds is 4. The molecule has 0 spiro atoms. The van der Waals surface area contributed by atoms with E-state index in [4.69, 9.17) is 4.74 Å². The van der Waals surface area contributed by atoms with Crippen LogP contribution in [0.25, 0.3) is 0 Å². The SMILES string of the molecule is CN(C)C1(CNC2CN(C(=O)OC(C)(C)C)C2)CCCC1. The van der Waals surface area contributed by atoms with Gasteiger partial charge in [0.05, 0.1) is 0 Å². The lowest BCUT2D eigenvalue weighted by molar-refractivity contribution is 0.00367. The van der Waals surface area contributed by atoms with Crippen LogP contribution in [0.2, 0.25) is 0 Å². The Morgan fingerprint density at radius 1 is 1.29 bits per heavy atom. The molecule has 1 heterocycles. The van der Waals surface area contributed by atoms with E-state index < -0.39 is 5.60 Å². The van der Waals surface area contributed by atoms with Crippen molar-refractivity contribution in [1.29, 1.82) is 0 Å². The lowest BCUT2D eigenvalue weighted by atomic mass is 9.95. The molecule has 0 unspecified atom stereocenters. The molecule has 0 aromatic carbocycles. The van der Waals surface area contributed by atoms with Gasteiger partial charge in [-0.2, -0.15) is 0 Å². The minimum absolute atomic E-state index is 0.191. The van der Waals surface area contributed by atoms with Gasteiger partial charge in [0.1, 0.15) is 5.60 Å². The number of likely N-dealkylation sites (tertiary alicyclic amines) is 1. The first kappa shape index (κ1) is 16.6. The largest absolute Gasteiger partial charge is 0.444 e. The van der Waals surface area contributed by atoms with Crippen LogP contribution in [-0.4, -0.2) is 66.8 Å². The van der Waals surface area contributed by atoms with Crippen LogP contribution < -0.4 is 5.32 Å². The van der Waals surface area contributed by atoms with Crippen LogP contribution in [0.1, 0.15) is 46.5 Å². The molecule has 2 aliphatic rings. The molecular weight excluding hydrogens is 266 g/mol. The maximum absolute atomic E-state index is 11.9. The highest BCUT2D eigenvalue weighted by Crippen LogP contribution is 2.33.